The first kappa shape index (κ1) is 9.42. The van der Waals surface area contributed by atoms with Gasteiger partial charge in [0.05, 0.1) is 6.08 Å². The molecule has 1 aliphatic rings. The molecule has 5 heteroatoms. The van der Waals surface area contributed by atoms with E-state index in [-0.39, 0.29) is 5.76 Å². The molecule has 2 rings (SSSR count). The highest BCUT2D eigenvalue weighted by atomic mass is 16.5. The molecule has 1 heterocycles. The van der Waals surface area contributed by atoms with Crippen LogP contribution in [0.3, 0.4) is 0 Å². The van der Waals surface area contributed by atoms with Crippen LogP contribution in [-0.4, -0.2) is 16.8 Å². The first-order valence-electron chi connectivity index (χ1n) is 4.26. The van der Waals surface area contributed by atoms with Crippen molar-refractivity contribution < 1.29 is 14.3 Å². The Hall–Kier alpha value is -2.14. The molecular formula is C10H8N2O3. The molecule has 0 unspecified atom stereocenters. The predicted octanol–water partition coefficient (Wildman–Crippen LogP) is 0.192. The number of hydrogen-bond donors (Lipinski definition) is 1. The van der Waals surface area contributed by atoms with Crippen molar-refractivity contribution in [3.8, 4) is 5.75 Å². The van der Waals surface area contributed by atoms with Crippen molar-refractivity contribution in [3.05, 3.63) is 42.2 Å². The number of hydrogen-bond acceptors (Lipinski definition) is 4. The fourth-order valence-electron chi connectivity index (χ4n) is 1.15. The number of carbonyl (C=O) groups excluding carboxylic acids is 2. The molecule has 15 heavy (non-hydrogen) atoms. The van der Waals surface area contributed by atoms with Gasteiger partial charge in [-0.25, -0.2) is 10.9 Å². The second-order valence-electron chi connectivity index (χ2n) is 2.94. The Morgan fingerprint density at radius 1 is 1.13 bits per heavy atom. The van der Waals surface area contributed by atoms with E-state index in [1.54, 1.807) is 24.3 Å². The van der Waals surface area contributed by atoms with Crippen LogP contribution in [0.25, 0.3) is 0 Å². The third-order valence-corrected chi connectivity index (χ3v) is 1.89. The average molecular weight is 204 g/mol. The minimum absolute atomic E-state index is 0.0614. The summed E-state index contributed by atoms with van der Waals surface area (Å²) in [6.45, 7) is 0. The van der Waals surface area contributed by atoms with Crippen molar-refractivity contribution in [2.75, 3.05) is 0 Å². The van der Waals surface area contributed by atoms with E-state index in [1.165, 1.54) is 0 Å². The number of ether oxygens (including phenoxy) is 1. The van der Waals surface area contributed by atoms with Crippen molar-refractivity contribution in [3.63, 3.8) is 0 Å². The molecule has 5 nitrogen and oxygen atoms in total. The Labute approximate surface area is 85.7 Å². The van der Waals surface area contributed by atoms with Crippen LogP contribution in [0.15, 0.2) is 42.2 Å². The second-order valence-corrected chi connectivity index (χ2v) is 2.94. The normalized spacial score (nSPS) is 15.5. The SMILES string of the molecule is NN1C(=O)C=C(Oc2ccccc2)C1=O. The summed E-state index contributed by atoms with van der Waals surface area (Å²) < 4.78 is 5.20. The van der Waals surface area contributed by atoms with Crippen molar-refractivity contribution >= 4 is 11.8 Å². The molecule has 2 amide bonds. The molecule has 1 aromatic carbocycles. The molecule has 1 aromatic rings. The summed E-state index contributed by atoms with van der Waals surface area (Å²) in [5.41, 5.74) is 0. The van der Waals surface area contributed by atoms with E-state index in [2.05, 4.69) is 0 Å². The molecule has 0 bridgehead atoms. The summed E-state index contributed by atoms with van der Waals surface area (Å²) in [4.78, 5) is 22.3. The smallest absolute Gasteiger partial charge is 0.311 e. The Bertz CT molecular complexity index is 439. The van der Waals surface area contributed by atoms with Crippen molar-refractivity contribution in [2.45, 2.75) is 0 Å². The number of imide groups is 1. The summed E-state index contributed by atoms with van der Waals surface area (Å²) in [7, 11) is 0. The highest BCUT2D eigenvalue weighted by Gasteiger charge is 2.30. The summed E-state index contributed by atoms with van der Waals surface area (Å²) in [6.07, 6.45) is 1.06. The van der Waals surface area contributed by atoms with E-state index >= 15 is 0 Å². The van der Waals surface area contributed by atoms with Gasteiger partial charge >= 0.3 is 5.91 Å². The van der Waals surface area contributed by atoms with Crippen LogP contribution in [0.1, 0.15) is 0 Å². The molecule has 0 spiro atoms. The maximum absolute atomic E-state index is 11.3. The molecule has 0 radical (unpaired) electrons. The van der Waals surface area contributed by atoms with Crippen LogP contribution >= 0.6 is 0 Å². The number of hydrazine groups is 1. The molecule has 0 aliphatic carbocycles. The van der Waals surface area contributed by atoms with Gasteiger partial charge in [-0.2, -0.15) is 0 Å². The maximum atomic E-state index is 11.3. The van der Waals surface area contributed by atoms with Gasteiger partial charge in [0, 0.05) is 0 Å². The van der Waals surface area contributed by atoms with Gasteiger partial charge in [0.1, 0.15) is 5.75 Å². The fourth-order valence-corrected chi connectivity index (χ4v) is 1.15. The van der Waals surface area contributed by atoms with Gasteiger partial charge in [-0.15, -0.1) is 0 Å². The predicted molar refractivity (Wildman–Crippen MR) is 51.2 cm³/mol. The average Bonchev–Trinajstić information content (AvgIpc) is 2.48. The number of nitrogens with two attached hydrogens (primary N) is 1. The Balaban J connectivity index is 2.18. The summed E-state index contributed by atoms with van der Waals surface area (Å²) >= 11 is 0. The number of para-hydroxylation sites is 1. The zero-order valence-corrected chi connectivity index (χ0v) is 7.71. The first-order chi connectivity index (χ1) is 7.18. The van der Waals surface area contributed by atoms with Crippen molar-refractivity contribution in [1.29, 1.82) is 0 Å². The molecular weight excluding hydrogens is 196 g/mol. The van der Waals surface area contributed by atoms with Gasteiger partial charge in [-0.3, -0.25) is 9.59 Å². The Morgan fingerprint density at radius 2 is 1.80 bits per heavy atom. The fraction of sp³-hybridized carbons (Fsp3) is 0. The lowest BCUT2D eigenvalue weighted by molar-refractivity contribution is -0.138. The topological polar surface area (TPSA) is 72.6 Å². The summed E-state index contributed by atoms with van der Waals surface area (Å²) in [6, 6.07) is 8.70. The third kappa shape index (κ3) is 1.72. The maximum Gasteiger partial charge on any atom is 0.311 e. The molecule has 0 atom stereocenters. The highest BCUT2D eigenvalue weighted by molar-refractivity contribution is 6.14. The number of carbonyl (C=O) groups is 2. The van der Waals surface area contributed by atoms with Gasteiger partial charge in [0.25, 0.3) is 5.91 Å². The lowest BCUT2D eigenvalue weighted by Crippen LogP contribution is -2.37. The highest BCUT2D eigenvalue weighted by Crippen LogP contribution is 2.16. The molecule has 2 N–H and O–H groups in total. The molecule has 0 saturated carbocycles. The Kier molecular flexibility index (Phi) is 2.23. The zero-order valence-electron chi connectivity index (χ0n) is 7.71. The van der Waals surface area contributed by atoms with Gasteiger partial charge in [-0.05, 0) is 12.1 Å². The van der Waals surface area contributed by atoms with E-state index in [0.717, 1.165) is 6.08 Å². The lowest BCUT2D eigenvalue weighted by Gasteiger charge is -2.07. The van der Waals surface area contributed by atoms with E-state index in [4.69, 9.17) is 10.6 Å². The Morgan fingerprint density at radius 3 is 2.33 bits per heavy atom. The monoisotopic (exact) mass is 204 g/mol. The quantitative estimate of drug-likeness (QED) is 0.424. The minimum Gasteiger partial charge on any atom is -0.451 e. The van der Waals surface area contributed by atoms with Crippen LogP contribution < -0.4 is 10.6 Å². The standard InChI is InChI=1S/C10H8N2O3/c11-12-9(13)6-8(10(12)14)15-7-4-2-1-3-5-7/h1-6H,11H2. The van der Waals surface area contributed by atoms with Gasteiger partial charge < -0.3 is 4.74 Å². The van der Waals surface area contributed by atoms with Crippen LogP contribution in [0.4, 0.5) is 0 Å². The molecule has 0 aromatic heterocycles. The van der Waals surface area contributed by atoms with Gasteiger partial charge in [-0.1, -0.05) is 18.2 Å². The van der Waals surface area contributed by atoms with E-state index < -0.39 is 11.8 Å². The van der Waals surface area contributed by atoms with Crippen molar-refractivity contribution in [2.24, 2.45) is 5.84 Å². The first-order valence-corrected chi connectivity index (χ1v) is 4.26. The van der Waals surface area contributed by atoms with Crippen LogP contribution in [0.2, 0.25) is 0 Å². The van der Waals surface area contributed by atoms with Gasteiger partial charge in [0.15, 0.2) is 5.76 Å². The van der Waals surface area contributed by atoms with E-state index in [0.29, 0.717) is 10.8 Å². The third-order valence-electron chi connectivity index (χ3n) is 1.89. The number of benzene rings is 1. The van der Waals surface area contributed by atoms with Crippen LogP contribution in [0.5, 0.6) is 5.75 Å². The summed E-state index contributed by atoms with van der Waals surface area (Å²) in [5, 5.41) is 0.512. The number of rotatable bonds is 2. The lowest BCUT2D eigenvalue weighted by atomic mass is 10.3. The van der Waals surface area contributed by atoms with Crippen LogP contribution in [0, 0.1) is 0 Å². The second kappa shape index (κ2) is 3.55. The number of amides is 2. The molecule has 76 valence electrons. The molecule has 0 fully saturated rings. The number of nitrogens with zero attached hydrogens (tertiary/aromatic N) is 1. The van der Waals surface area contributed by atoms with Crippen LogP contribution in [-0.2, 0) is 9.59 Å². The van der Waals surface area contributed by atoms with E-state index in [9.17, 15) is 9.59 Å². The van der Waals surface area contributed by atoms with E-state index in [1.807, 2.05) is 6.07 Å². The summed E-state index contributed by atoms with van der Waals surface area (Å²) in [5.74, 6) is 4.38. The van der Waals surface area contributed by atoms with Crippen molar-refractivity contribution in [1.82, 2.24) is 5.01 Å². The molecule has 1 aliphatic heterocycles. The largest absolute Gasteiger partial charge is 0.451 e. The zero-order chi connectivity index (χ0) is 10.8. The minimum atomic E-state index is -0.635. The van der Waals surface area contributed by atoms with Gasteiger partial charge in [0.2, 0.25) is 0 Å². The molecule has 0 saturated heterocycles.